The Hall–Kier alpha value is -1.22. The first-order valence-electron chi connectivity index (χ1n) is 5.55. The molecule has 4 heteroatoms. The second kappa shape index (κ2) is 6.10. The first kappa shape index (κ1) is 13.2. The molecule has 0 radical (unpaired) electrons. The van der Waals surface area contributed by atoms with Gasteiger partial charge in [-0.3, -0.25) is 0 Å². The third kappa shape index (κ3) is 3.39. The zero-order valence-electron chi connectivity index (χ0n) is 9.91. The third-order valence-corrected chi connectivity index (χ3v) is 2.92. The van der Waals surface area contributed by atoms with E-state index in [0.29, 0.717) is 10.0 Å². The van der Waals surface area contributed by atoms with Crippen LogP contribution in [0.5, 0.6) is 11.5 Å². The number of hydrogen-bond donors (Lipinski definition) is 1. The minimum atomic E-state index is 0.652. The summed E-state index contributed by atoms with van der Waals surface area (Å²) in [6.07, 6.45) is 0. The maximum atomic E-state index is 5.99. The van der Waals surface area contributed by atoms with Gasteiger partial charge >= 0.3 is 0 Å². The van der Waals surface area contributed by atoms with Gasteiger partial charge in [0.15, 0.2) is 0 Å². The molecule has 0 aliphatic carbocycles. The smallest absolute Gasteiger partial charge is 0.133 e. The predicted octanol–water partition coefficient (Wildman–Crippen LogP) is 4.51. The fourth-order valence-electron chi connectivity index (χ4n) is 1.59. The van der Waals surface area contributed by atoms with Crippen LogP contribution in [-0.4, -0.2) is 7.05 Å². The van der Waals surface area contributed by atoms with E-state index in [1.807, 2.05) is 37.4 Å². The van der Waals surface area contributed by atoms with Crippen molar-refractivity contribution < 1.29 is 4.74 Å². The van der Waals surface area contributed by atoms with E-state index in [0.717, 1.165) is 23.6 Å². The summed E-state index contributed by atoms with van der Waals surface area (Å²) in [6, 6.07) is 12.8. The molecule has 0 aliphatic heterocycles. The largest absolute Gasteiger partial charge is 0.457 e. The number of hydrogen-bond acceptors (Lipinski definition) is 2. The number of ether oxygens (including phenoxy) is 1. The average Bonchev–Trinajstić information content (AvgIpc) is 2.36. The molecular weight excluding hydrogens is 269 g/mol. The summed E-state index contributed by atoms with van der Waals surface area (Å²) in [5.41, 5.74) is 1.05. The highest BCUT2D eigenvalue weighted by molar-refractivity contribution is 6.31. The van der Waals surface area contributed by atoms with Crippen LogP contribution in [0.3, 0.4) is 0 Å². The lowest BCUT2D eigenvalue weighted by atomic mass is 10.2. The van der Waals surface area contributed by atoms with E-state index in [-0.39, 0.29) is 0 Å². The first-order valence-corrected chi connectivity index (χ1v) is 6.31. The minimum absolute atomic E-state index is 0.652. The highest BCUT2D eigenvalue weighted by Gasteiger charge is 2.05. The number of nitrogens with one attached hydrogen (secondary N) is 1. The van der Waals surface area contributed by atoms with Crippen molar-refractivity contribution in [2.75, 3.05) is 7.05 Å². The molecule has 2 aromatic carbocycles. The Kier molecular flexibility index (Phi) is 4.48. The summed E-state index contributed by atoms with van der Waals surface area (Å²) >= 11 is 11.8. The SMILES string of the molecule is CNCc1ccc(Cl)cc1Oc1ccc(Cl)cc1. The van der Waals surface area contributed by atoms with Crippen molar-refractivity contribution in [3.63, 3.8) is 0 Å². The third-order valence-electron chi connectivity index (χ3n) is 2.44. The van der Waals surface area contributed by atoms with E-state index in [2.05, 4.69) is 5.32 Å². The minimum Gasteiger partial charge on any atom is -0.457 e. The first-order chi connectivity index (χ1) is 8.69. The molecule has 0 heterocycles. The van der Waals surface area contributed by atoms with E-state index < -0.39 is 0 Å². The van der Waals surface area contributed by atoms with Gasteiger partial charge in [0.05, 0.1) is 0 Å². The number of rotatable bonds is 4. The Bertz CT molecular complexity index is 526. The Morgan fingerprint density at radius 2 is 1.67 bits per heavy atom. The van der Waals surface area contributed by atoms with Crippen LogP contribution in [0, 0.1) is 0 Å². The molecule has 0 aromatic heterocycles. The average molecular weight is 282 g/mol. The lowest BCUT2D eigenvalue weighted by Gasteiger charge is -2.11. The van der Waals surface area contributed by atoms with Gasteiger partial charge < -0.3 is 10.1 Å². The maximum absolute atomic E-state index is 5.99. The molecule has 0 unspecified atom stereocenters. The summed E-state index contributed by atoms with van der Waals surface area (Å²) in [5, 5.41) is 4.43. The summed E-state index contributed by atoms with van der Waals surface area (Å²) in [4.78, 5) is 0. The number of benzene rings is 2. The molecule has 94 valence electrons. The molecule has 2 aromatic rings. The van der Waals surface area contributed by atoms with Crippen LogP contribution >= 0.6 is 23.2 Å². The molecule has 0 amide bonds. The Morgan fingerprint density at radius 1 is 1.00 bits per heavy atom. The van der Waals surface area contributed by atoms with Gasteiger partial charge in [-0.25, -0.2) is 0 Å². The molecule has 0 atom stereocenters. The highest BCUT2D eigenvalue weighted by Crippen LogP contribution is 2.29. The van der Waals surface area contributed by atoms with Crippen molar-refractivity contribution in [2.45, 2.75) is 6.54 Å². The van der Waals surface area contributed by atoms with E-state index >= 15 is 0 Å². The molecule has 18 heavy (non-hydrogen) atoms. The van der Waals surface area contributed by atoms with E-state index in [1.165, 1.54) is 0 Å². The van der Waals surface area contributed by atoms with Crippen LogP contribution in [0.15, 0.2) is 42.5 Å². The molecule has 0 fully saturated rings. The Labute approximate surface area is 116 Å². The molecule has 0 bridgehead atoms. The fourth-order valence-corrected chi connectivity index (χ4v) is 1.88. The van der Waals surface area contributed by atoms with Crippen molar-refractivity contribution in [1.82, 2.24) is 5.32 Å². The summed E-state index contributed by atoms with van der Waals surface area (Å²) in [7, 11) is 1.89. The van der Waals surface area contributed by atoms with Gasteiger partial charge in [-0.2, -0.15) is 0 Å². The van der Waals surface area contributed by atoms with Crippen LogP contribution < -0.4 is 10.1 Å². The molecule has 1 N–H and O–H groups in total. The summed E-state index contributed by atoms with van der Waals surface area (Å²) in [5.74, 6) is 1.48. The molecule has 2 nitrogen and oxygen atoms in total. The van der Waals surface area contributed by atoms with Gasteiger partial charge in [0, 0.05) is 22.2 Å². The van der Waals surface area contributed by atoms with Crippen molar-refractivity contribution in [1.29, 1.82) is 0 Å². The Morgan fingerprint density at radius 3 is 2.33 bits per heavy atom. The fraction of sp³-hybridized carbons (Fsp3) is 0.143. The van der Waals surface area contributed by atoms with Gasteiger partial charge in [0.1, 0.15) is 11.5 Å². The van der Waals surface area contributed by atoms with Crippen LogP contribution in [0.1, 0.15) is 5.56 Å². The van der Waals surface area contributed by atoms with Crippen LogP contribution in [0.4, 0.5) is 0 Å². The van der Waals surface area contributed by atoms with Crippen molar-refractivity contribution in [3.8, 4) is 11.5 Å². The lowest BCUT2D eigenvalue weighted by molar-refractivity contribution is 0.474. The monoisotopic (exact) mass is 281 g/mol. The van der Waals surface area contributed by atoms with Crippen molar-refractivity contribution in [3.05, 3.63) is 58.1 Å². The summed E-state index contributed by atoms with van der Waals surface area (Å²) in [6.45, 7) is 0.722. The van der Waals surface area contributed by atoms with Gasteiger partial charge in [-0.1, -0.05) is 29.3 Å². The van der Waals surface area contributed by atoms with Crippen LogP contribution in [0.25, 0.3) is 0 Å². The van der Waals surface area contributed by atoms with E-state index in [9.17, 15) is 0 Å². The maximum Gasteiger partial charge on any atom is 0.133 e. The van der Waals surface area contributed by atoms with Crippen LogP contribution in [-0.2, 0) is 6.54 Å². The zero-order chi connectivity index (χ0) is 13.0. The van der Waals surface area contributed by atoms with Crippen molar-refractivity contribution >= 4 is 23.2 Å². The second-order valence-corrected chi connectivity index (χ2v) is 4.71. The quantitative estimate of drug-likeness (QED) is 0.891. The molecule has 0 saturated carbocycles. The summed E-state index contributed by atoms with van der Waals surface area (Å²) < 4.78 is 5.81. The normalized spacial score (nSPS) is 10.4. The molecular formula is C14H13Cl2NO. The molecule has 2 rings (SSSR count). The topological polar surface area (TPSA) is 21.3 Å². The molecule has 0 aliphatic rings. The number of halogens is 2. The van der Waals surface area contributed by atoms with Crippen LogP contribution in [0.2, 0.25) is 10.0 Å². The van der Waals surface area contributed by atoms with Crippen molar-refractivity contribution in [2.24, 2.45) is 0 Å². The highest BCUT2D eigenvalue weighted by atomic mass is 35.5. The van der Waals surface area contributed by atoms with E-state index in [1.54, 1.807) is 12.1 Å². The van der Waals surface area contributed by atoms with Gasteiger partial charge in [-0.15, -0.1) is 0 Å². The second-order valence-electron chi connectivity index (χ2n) is 3.84. The van der Waals surface area contributed by atoms with Gasteiger partial charge in [-0.05, 0) is 43.4 Å². The standard InChI is InChI=1S/C14H13Cl2NO/c1-17-9-10-2-3-12(16)8-14(10)18-13-6-4-11(15)5-7-13/h2-8,17H,9H2,1H3. The predicted molar refractivity (Wildman–Crippen MR) is 75.7 cm³/mol. The Balaban J connectivity index is 2.26. The van der Waals surface area contributed by atoms with E-state index in [4.69, 9.17) is 27.9 Å². The van der Waals surface area contributed by atoms with Gasteiger partial charge in [0.25, 0.3) is 0 Å². The van der Waals surface area contributed by atoms with Gasteiger partial charge in [0.2, 0.25) is 0 Å². The molecule has 0 spiro atoms. The molecule has 0 saturated heterocycles. The lowest BCUT2D eigenvalue weighted by Crippen LogP contribution is -2.06. The zero-order valence-corrected chi connectivity index (χ0v) is 11.4.